The van der Waals surface area contributed by atoms with Gasteiger partial charge in [0.15, 0.2) is 28.3 Å². The van der Waals surface area contributed by atoms with Crippen molar-refractivity contribution in [3.05, 3.63) is 33.9 Å². The van der Waals surface area contributed by atoms with Gasteiger partial charge in [-0.2, -0.15) is 0 Å². The van der Waals surface area contributed by atoms with Gasteiger partial charge in [0.2, 0.25) is 5.43 Å². The molecule has 2 aromatic rings. The lowest BCUT2D eigenvalue weighted by atomic mass is 10.1. The van der Waals surface area contributed by atoms with E-state index in [0.717, 1.165) is 19.0 Å². The molecule has 2 aliphatic heterocycles. The number of hydrogen-bond donors (Lipinski definition) is 1. The number of pyridine rings is 1. The first-order chi connectivity index (χ1) is 20.2. The summed E-state index contributed by atoms with van der Waals surface area (Å²) in [4.78, 5) is 28.9. The fraction of sp³-hybridized carbons (Fsp3) is 0.643. The Balaban J connectivity index is 1.53. The second-order valence-corrected chi connectivity index (χ2v) is 13.8. The normalized spacial score (nSPS) is 17.5. The quantitative estimate of drug-likeness (QED) is 0.257. The van der Waals surface area contributed by atoms with Crippen LogP contribution < -0.4 is 15.1 Å². The molecule has 0 amide bonds. The van der Waals surface area contributed by atoms with E-state index in [-0.39, 0.29) is 29.0 Å². The molecule has 3 heterocycles. The summed E-state index contributed by atoms with van der Waals surface area (Å²) >= 11 is 0. The smallest absolute Gasteiger partial charge is 0.341 e. The maximum Gasteiger partial charge on any atom is 0.341 e. The predicted octanol–water partition coefficient (Wildman–Crippen LogP) is 5.40. The summed E-state index contributed by atoms with van der Waals surface area (Å²) in [7, 11) is -2.37. The number of anilines is 1. The van der Waals surface area contributed by atoms with E-state index in [1.807, 2.05) is 39.5 Å². The Labute approximate surface area is 248 Å². The van der Waals surface area contributed by atoms with Gasteiger partial charge in [-0.1, -0.05) is 0 Å². The van der Waals surface area contributed by atoms with Gasteiger partial charge in [-0.3, -0.25) is 9.69 Å². The molecule has 0 saturated carbocycles. The van der Waals surface area contributed by atoms with Crippen molar-refractivity contribution in [3.8, 4) is 5.75 Å². The number of halogens is 1. The summed E-state index contributed by atoms with van der Waals surface area (Å²) in [6.45, 7) is 15.5. The van der Waals surface area contributed by atoms with Gasteiger partial charge in [0.25, 0.3) is 0 Å². The van der Waals surface area contributed by atoms with Crippen molar-refractivity contribution in [2.24, 2.45) is 0 Å². The number of rotatable bonds is 15. The Morgan fingerprint density at radius 2 is 1.62 bits per heavy atom. The van der Waals surface area contributed by atoms with Crippen LogP contribution in [0.3, 0.4) is 0 Å². The van der Waals surface area contributed by atoms with Gasteiger partial charge in [-0.05, 0) is 53.7 Å². The van der Waals surface area contributed by atoms with E-state index in [4.69, 9.17) is 22.8 Å². The average molecular weight is 630 g/mol. The van der Waals surface area contributed by atoms with Gasteiger partial charge in [-0.15, -0.1) is 0 Å². The molecule has 1 atom stereocenters. The first kappa shape index (κ1) is 33.0. The van der Waals surface area contributed by atoms with Crippen molar-refractivity contribution >= 4 is 39.3 Å². The Bertz CT molecular complexity index is 1260. The van der Waals surface area contributed by atoms with E-state index in [0.29, 0.717) is 69.6 Å². The van der Waals surface area contributed by atoms with Crippen molar-refractivity contribution in [1.29, 1.82) is 0 Å². The maximum atomic E-state index is 15.7. The molecule has 2 aliphatic rings. The number of benzene rings is 1. The number of aromatic carboxylic acids is 1. The van der Waals surface area contributed by atoms with E-state index in [2.05, 4.69) is 4.90 Å². The summed E-state index contributed by atoms with van der Waals surface area (Å²) in [5.74, 6) is -1.63. The van der Waals surface area contributed by atoms with Crippen LogP contribution in [0.1, 0.15) is 57.4 Å². The number of carbonyl (C=O) groups is 1. The van der Waals surface area contributed by atoms with Crippen LogP contribution in [0.25, 0.3) is 10.9 Å². The Kier molecular flexibility index (Phi) is 11.9. The van der Waals surface area contributed by atoms with Crippen LogP contribution >= 0.6 is 16.8 Å². The summed E-state index contributed by atoms with van der Waals surface area (Å²) in [6, 6.07) is 0.949. The third kappa shape index (κ3) is 7.07. The van der Waals surface area contributed by atoms with E-state index < -0.39 is 34.0 Å². The van der Waals surface area contributed by atoms with E-state index in [1.165, 1.54) is 6.20 Å². The van der Waals surface area contributed by atoms with Crippen LogP contribution in [0.2, 0.25) is 0 Å². The van der Waals surface area contributed by atoms with Gasteiger partial charge in [0.05, 0.1) is 48.8 Å². The number of hydrogen-bond acceptors (Lipinski definition) is 9. The molecule has 234 valence electrons. The fourth-order valence-electron chi connectivity index (χ4n) is 5.37. The second kappa shape index (κ2) is 15.2. The van der Waals surface area contributed by atoms with E-state index in [1.54, 1.807) is 4.57 Å². The fourth-order valence-corrected chi connectivity index (χ4v) is 9.29. The zero-order valence-electron chi connectivity index (χ0n) is 25.0. The van der Waals surface area contributed by atoms with Gasteiger partial charge >= 0.3 is 5.97 Å². The van der Waals surface area contributed by atoms with Crippen LogP contribution in [-0.2, 0) is 18.1 Å². The summed E-state index contributed by atoms with van der Waals surface area (Å²) in [5, 5.41) is 9.55. The van der Waals surface area contributed by atoms with Crippen LogP contribution in [0.15, 0.2) is 17.1 Å². The topological polar surface area (TPSA) is 112 Å². The summed E-state index contributed by atoms with van der Waals surface area (Å²) < 4.78 is 47.5. The largest absolute Gasteiger partial charge is 0.487 e. The molecule has 0 aliphatic carbocycles. The Morgan fingerprint density at radius 1 is 1.05 bits per heavy atom. The molecule has 0 radical (unpaired) electrons. The average Bonchev–Trinajstić information content (AvgIpc) is 2.96. The highest BCUT2D eigenvalue weighted by Crippen LogP contribution is 2.62. The number of aromatic nitrogens is 1. The van der Waals surface area contributed by atoms with Crippen LogP contribution in [0.5, 0.6) is 5.75 Å². The maximum absolute atomic E-state index is 15.7. The lowest BCUT2D eigenvalue weighted by Crippen LogP contribution is -2.47. The number of ether oxygens (including phenoxy) is 1. The molecule has 11 nitrogen and oxygen atoms in total. The van der Waals surface area contributed by atoms with Crippen LogP contribution in [0, 0.1) is 5.82 Å². The Hall–Kier alpha value is -1.91. The van der Waals surface area contributed by atoms with Crippen molar-refractivity contribution in [3.63, 3.8) is 0 Å². The minimum Gasteiger partial charge on any atom is -0.487 e. The van der Waals surface area contributed by atoms with Gasteiger partial charge < -0.3 is 37.4 Å². The molecule has 0 bridgehead atoms. The Morgan fingerprint density at radius 3 is 2.14 bits per heavy atom. The van der Waals surface area contributed by atoms with Crippen LogP contribution in [-0.4, -0.2) is 91.7 Å². The lowest BCUT2D eigenvalue weighted by molar-refractivity contribution is 0.0694. The van der Waals surface area contributed by atoms with Gasteiger partial charge in [0.1, 0.15) is 17.9 Å². The second-order valence-electron chi connectivity index (χ2n) is 10.0. The minimum absolute atomic E-state index is 0.00182. The molecule has 4 rings (SSSR count). The summed E-state index contributed by atoms with van der Waals surface area (Å²) in [6.07, 6.45) is 2.13. The monoisotopic (exact) mass is 629 g/mol. The zero-order valence-corrected chi connectivity index (χ0v) is 26.8. The third-order valence-electron chi connectivity index (χ3n) is 7.28. The molecule has 1 aromatic heterocycles. The van der Waals surface area contributed by atoms with E-state index in [9.17, 15) is 14.7 Å². The molecular formula is C28H42FN3O8P2. The first-order valence-electron chi connectivity index (χ1n) is 14.6. The number of carboxylic acids is 1. The number of piperazine rings is 1. The van der Waals surface area contributed by atoms with Crippen molar-refractivity contribution < 1.29 is 37.1 Å². The molecular weight excluding hydrogens is 587 g/mol. The SMILES string of the molecule is CCOP(OCC)C(CCN1CCN(c2c(F)cc3c(=O)c(C(=O)O)cn4c3c2OCC4C)CC1)P(OCC)OCC. The molecule has 1 aromatic carbocycles. The van der Waals surface area contributed by atoms with Gasteiger partial charge in [-0.25, -0.2) is 9.18 Å². The summed E-state index contributed by atoms with van der Waals surface area (Å²) in [5.41, 5.74) is -0.340. The van der Waals surface area contributed by atoms with E-state index >= 15 is 4.39 Å². The lowest BCUT2D eigenvalue weighted by Gasteiger charge is -2.39. The molecule has 1 fully saturated rings. The van der Waals surface area contributed by atoms with Gasteiger partial charge in [0, 0.05) is 32.4 Å². The predicted molar refractivity (Wildman–Crippen MR) is 163 cm³/mol. The first-order valence-corrected chi connectivity index (χ1v) is 17.1. The molecule has 42 heavy (non-hydrogen) atoms. The number of carboxylic acid groups (broad SMARTS) is 1. The standard InChI is InChI=1S/C28H42FN3O8P2/c1-6-37-41(38-7-2)23(42(39-8-3)40-9-4)10-11-30-12-14-31(15-13-30)25-22(29)16-20-24-27(25)36-18-19(5)32(24)17-21(26(20)33)28(34)35/h16-17,19,23H,6-15,18H2,1-5H3,(H,34,35). The minimum atomic E-state index is -1.33. The van der Waals surface area contributed by atoms with Crippen molar-refractivity contribution in [2.45, 2.75) is 52.5 Å². The zero-order chi connectivity index (χ0) is 30.4. The highest BCUT2D eigenvalue weighted by Gasteiger charge is 2.36. The number of nitrogens with zero attached hydrogens (tertiary/aromatic N) is 3. The molecule has 0 spiro atoms. The molecule has 14 heteroatoms. The molecule has 1 saturated heterocycles. The van der Waals surface area contributed by atoms with Crippen LogP contribution in [0.4, 0.5) is 10.1 Å². The highest BCUT2D eigenvalue weighted by molar-refractivity contribution is 7.66. The third-order valence-corrected chi connectivity index (χ3v) is 11.9. The molecule has 1 unspecified atom stereocenters. The molecule has 1 N–H and O–H groups in total. The highest BCUT2D eigenvalue weighted by atomic mass is 31.2. The van der Waals surface area contributed by atoms with Crippen molar-refractivity contribution in [2.75, 3.05) is 70.7 Å². The van der Waals surface area contributed by atoms with Crippen molar-refractivity contribution in [1.82, 2.24) is 9.47 Å².